The van der Waals surface area contributed by atoms with Crippen LogP contribution in [0.25, 0.3) is 33.0 Å². The van der Waals surface area contributed by atoms with Crippen molar-refractivity contribution >= 4 is 33.0 Å². The van der Waals surface area contributed by atoms with Crippen LogP contribution >= 0.6 is 0 Å². The number of para-hydroxylation sites is 3. The van der Waals surface area contributed by atoms with Gasteiger partial charge in [-0.2, -0.15) is 0 Å². The zero-order chi connectivity index (χ0) is 13.7. The normalized spacial score (nSPS) is 11.4. The molecule has 0 fully saturated rings. The van der Waals surface area contributed by atoms with Crippen LogP contribution in [-0.4, -0.2) is 4.98 Å². The van der Waals surface area contributed by atoms with Crippen LogP contribution < -0.4 is 10.9 Å². The van der Waals surface area contributed by atoms with Gasteiger partial charge in [0.05, 0.1) is 10.9 Å². The van der Waals surface area contributed by atoms with E-state index in [1.165, 1.54) is 0 Å². The van der Waals surface area contributed by atoms with E-state index in [0.29, 0.717) is 33.0 Å². The maximum Gasteiger partial charge on any atom is 0.250 e. The van der Waals surface area contributed by atoms with Crippen LogP contribution in [0.1, 0.15) is 0 Å². The van der Waals surface area contributed by atoms with E-state index >= 15 is 0 Å². The van der Waals surface area contributed by atoms with Crippen LogP contribution in [0.2, 0.25) is 0 Å². The number of H-pyrrole nitrogens is 1. The first-order chi connectivity index (χ1) is 9.75. The van der Waals surface area contributed by atoms with E-state index in [9.17, 15) is 9.59 Å². The van der Waals surface area contributed by atoms with Crippen molar-refractivity contribution in [1.82, 2.24) is 4.98 Å². The minimum atomic E-state index is -0.480. The predicted octanol–water partition coefficient (Wildman–Crippen LogP) is 2.79. The van der Waals surface area contributed by atoms with Gasteiger partial charge < -0.3 is 9.40 Å². The molecule has 4 heteroatoms. The molecule has 4 nitrogen and oxygen atoms in total. The van der Waals surface area contributed by atoms with E-state index in [4.69, 9.17) is 4.42 Å². The van der Waals surface area contributed by atoms with Crippen LogP contribution in [0.15, 0.2) is 62.5 Å². The summed E-state index contributed by atoms with van der Waals surface area (Å²) in [5.74, 6) is 0. The summed E-state index contributed by atoms with van der Waals surface area (Å²) in [4.78, 5) is 26.6. The number of nitrogens with one attached hydrogen (secondary N) is 1. The lowest BCUT2D eigenvalue weighted by Crippen LogP contribution is -2.31. The standard InChI is InChI=1S/C16H9NO3/c18-15-13-9-5-1-3-7-11(9)20-12-8-4-2-6-10(12)17-14(13)16(15)19/h1-8,17H. The topological polar surface area (TPSA) is 63.1 Å². The number of hydrogen-bond donors (Lipinski definition) is 1. The molecular formula is C16H9NO3. The largest absolute Gasteiger partial charge is 0.455 e. The summed E-state index contributed by atoms with van der Waals surface area (Å²) in [6.45, 7) is 0. The highest BCUT2D eigenvalue weighted by atomic mass is 16.3. The first kappa shape index (κ1) is 11.0. The molecule has 96 valence electrons. The van der Waals surface area contributed by atoms with Gasteiger partial charge in [-0.3, -0.25) is 9.59 Å². The first-order valence-corrected chi connectivity index (χ1v) is 6.22. The maximum atomic E-state index is 11.8. The van der Waals surface area contributed by atoms with Crippen molar-refractivity contribution in [2.45, 2.75) is 0 Å². The molecule has 4 rings (SSSR count). The van der Waals surface area contributed by atoms with Crippen LogP contribution in [0.3, 0.4) is 0 Å². The predicted molar refractivity (Wildman–Crippen MR) is 78.1 cm³/mol. The zero-order valence-corrected chi connectivity index (χ0v) is 10.3. The minimum Gasteiger partial charge on any atom is -0.455 e. The highest BCUT2D eigenvalue weighted by molar-refractivity contribution is 6.05. The Balaban J connectivity index is 2.42. The van der Waals surface area contributed by atoms with Gasteiger partial charge in [0.15, 0.2) is 5.58 Å². The molecule has 4 aromatic rings. The molecule has 0 saturated heterocycles. The van der Waals surface area contributed by atoms with E-state index < -0.39 is 10.9 Å². The number of rotatable bonds is 0. The minimum absolute atomic E-state index is 0.346. The molecule has 1 N–H and O–H groups in total. The average Bonchev–Trinajstić information content (AvgIpc) is 2.47. The van der Waals surface area contributed by atoms with E-state index in [1.54, 1.807) is 12.1 Å². The fraction of sp³-hybridized carbons (Fsp3) is 0. The monoisotopic (exact) mass is 263 g/mol. The third-order valence-electron chi connectivity index (χ3n) is 3.43. The fourth-order valence-electron chi connectivity index (χ4n) is 2.44. The number of aromatic nitrogens is 1. The van der Waals surface area contributed by atoms with Crippen molar-refractivity contribution in [3.8, 4) is 0 Å². The SMILES string of the molecule is O=c1c(=O)c2c1[nH]c1ccccc1oc1ccccc12. The second kappa shape index (κ2) is 3.81. The van der Waals surface area contributed by atoms with Crippen LogP contribution in [0.5, 0.6) is 0 Å². The lowest BCUT2D eigenvalue weighted by atomic mass is 10.1. The second-order valence-corrected chi connectivity index (χ2v) is 4.63. The van der Waals surface area contributed by atoms with Gasteiger partial charge in [-0.15, -0.1) is 0 Å². The molecule has 1 heterocycles. The van der Waals surface area contributed by atoms with Crippen molar-refractivity contribution in [3.05, 3.63) is 69.0 Å². The zero-order valence-electron chi connectivity index (χ0n) is 10.3. The van der Waals surface area contributed by atoms with Gasteiger partial charge in [-0.1, -0.05) is 30.3 Å². The number of aromatic amines is 1. The Bertz CT molecular complexity index is 1090. The van der Waals surface area contributed by atoms with Gasteiger partial charge in [0.1, 0.15) is 11.1 Å². The molecular weight excluding hydrogens is 254 g/mol. The molecule has 0 aliphatic carbocycles. The molecule has 1 aromatic heterocycles. The average molecular weight is 263 g/mol. The molecule has 0 unspecified atom stereocenters. The number of hydrogen-bond acceptors (Lipinski definition) is 3. The van der Waals surface area contributed by atoms with Crippen molar-refractivity contribution in [2.24, 2.45) is 0 Å². The third-order valence-corrected chi connectivity index (χ3v) is 3.43. The van der Waals surface area contributed by atoms with Crippen LogP contribution in [0, 0.1) is 0 Å². The summed E-state index contributed by atoms with van der Waals surface area (Å²) >= 11 is 0. The van der Waals surface area contributed by atoms with Crippen molar-refractivity contribution in [3.63, 3.8) is 0 Å². The quantitative estimate of drug-likeness (QED) is 0.496. The molecule has 0 amide bonds. The van der Waals surface area contributed by atoms with Gasteiger partial charge in [0.25, 0.3) is 5.43 Å². The van der Waals surface area contributed by atoms with Crippen molar-refractivity contribution in [2.75, 3.05) is 0 Å². The summed E-state index contributed by atoms with van der Waals surface area (Å²) in [5.41, 5.74) is 1.27. The Morgan fingerprint density at radius 1 is 0.800 bits per heavy atom. The Morgan fingerprint density at radius 3 is 2.35 bits per heavy atom. The Kier molecular flexibility index (Phi) is 2.09. The van der Waals surface area contributed by atoms with Crippen molar-refractivity contribution < 1.29 is 4.42 Å². The molecule has 0 bridgehead atoms. The summed E-state index contributed by atoms with van der Waals surface area (Å²) in [5, 5.41) is 1.05. The summed E-state index contributed by atoms with van der Waals surface area (Å²) in [6.07, 6.45) is 0. The molecule has 0 spiro atoms. The van der Waals surface area contributed by atoms with E-state index in [-0.39, 0.29) is 0 Å². The molecule has 0 aliphatic rings. The van der Waals surface area contributed by atoms with Gasteiger partial charge in [-0.05, 0) is 18.2 Å². The summed E-state index contributed by atoms with van der Waals surface area (Å²) in [7, 11) is 0. The van der Waals surface area contributed by atoms with Crippen LogP contribution in [-0.2, 0) is 0 Å². The highest BCUT2D eigenvalue weighted by Gasteiger charge is 2.15. The first-order valence-electron chi connectivity index (χ1n) is 6.22. The number of benzene rings is 2. The molecule has 20 heavy (non-hydrogen) atoms. The highest BCUT2D eigenvalue weighted by Crippen LogP contribution is 2.22. The lowest BCUT2D eigenvalue weighted by Gasteiger charge is -2.04. The van der Waals surface area contributed by atoms with Crippen molar-refractivity contribution in [1.29, 1.82) is 0 Å². The number of fused-ring (bicyclic) bond motifs is 4. The molecule has 0 saturated carbocycles. The van der Waals surface area contributed by atoms with Gasteiger partial charge in [0, 0.05) is 5.39 Å². The Morgan fingerprint density at radius 2 is 1.50 bits per heavy atom. The third kappa shape index (κ3) is 1.36. The Labute approximate surface area is 112 Å². The smallest absolute Gasteiger partial charge is 0.250 e. The maximum absolute atomic E-state index is 11.8. The van der Waals surface area contributed by atoms with Gasteiger partial charge in [-0.25, -0.2) is 0 Å². The molecule has 0 radical (unpaired) electrons. The molecule has 3 aromatic carbocycles. The lowest BCUT2D eigenvalue weighted by molar-refractivity contribution is 0.661. The van der Waals surface area contributed by atoms with E-state index in [1.807, 2.05) is 36.4 Å². The molecule has 0 aliphatic heterocycles. The van der Waals surface area contributed by atoms with Gasteiger partial charge >= 0.3 is 0 Å². The van der Waals surface area contributed by atoms with Gasteiger partial charge in [0.2, 0.25) is 5.43 Å². The Hall–Kier alpha value is -2.88. The van der Waals surface area contributed by atoms with E-state index in [0.717, 1.165) is 0 Å². The van der Waals surface area contributed by atoms with Crippen LogP contribution in [0.4, 0.5) is 0 Å². The summed E-state index contributed by atoms with van der Waals surface area (Å²) in [6, 6.07) is 14.5. The molecule has 0 atom stereocenters. The van der Waals surface area contributed by atoms with E-state index in [2.05, 4.69) is 4.98 Å². The summed E-state index contributed by atoms with van der Waals surface area (Å²) < 4.78 is 5.86. The second-order valence-electron chi connectivity index (χ2n) is 4.63. The fourth-order valence-corrected chi connectivity index (χ4v) is 2.44.